The third-order valence-electron chi connectivity index (χ3n) is 4.97. The number of aromatic nitrogens is 1. The molecule has 2 heterocycles. The van der Waals surface area contributed by atoms with Crippen LogP contribution in [-0.2, 0) is 11.3 Å². The van der Waals surface area contributed by atoms with Gasteiger partial charge in [-0.15, -0.1) is 0 Å². The van der Waals surface area contributed by atoms with E-state index in [-0.39, 0.29) is 18.2 Å². The number of benzene rings is 2. The third-order valence-corrected chi connectivity index (χ3v) is 4.97. The fourth-order valence-electron chi connectivity index (χ4n) is 3.59. The Balaban J connectivity index is 1.95. The van der Waals surface area contributed by atoms with E-state index in [0.717, 1.165) is 11.3 Å². The van der Waals surface area contributed by atoms with Crippen LogP contribution in [0.1, 0.15) is 28.7 Å². The molecule has 0 radical (unpaired) electrons. The number of nitrogens with zero attached hydrogens (tertiary/aromatic N) is 1. The summed E-state index contributed by atoms with van der Waals surface area (Å²) >= 11 is 0. The highest BCUT2D eigenvalue weighted by Crippen LogP contribution is 2.37. The lowest BCUT2D eigenvalue weighted by atomic mass is 10.0. The molecule has 29 heavy (non-hydrogen) atoms. The minimum Gasteiger partial charge on any atom is -0.507 e. The summed E-state index contributed by atoms with van der Waals surface area (Å²) < 4.78 is 26.0. The van der Waals surface area contributed by atoms with Crippen molar-refractivity contribution in [1.82, 2.24) is 4.57 Å². The Morgan fingerprint density at radius 3 is 2.62 bits per heavy atom. The molecule has 0 saturated heterocycles. The van der Waals surface area contributed by atoms with E-state index < -0.39 is 5.97 Å². The monoisotopic (exact) mass is 393 g/mol. The molecule has 0 spiro atoms. The van der Waals surface area contributed by atoms with Gasteiger partial charge in [0.05, 0.1) is 30.5 Å². The number of furan rings is 1. The van der Waals surface area contributed by atoms with Gasteiger partial charge in [-0.3, -0.25) is 0 Å². The molecule has 0 aliphatic carbocycles. The maximum absolute atomic E-state index is 13.3. The Bertz CT molecular complexity index is 1170. The summed E-state index contributed by atoms with van der Waals surface area (Å²) in [5, 5.41) is 11.2. The van der Waals surface area contributed by atoms with Crippen LogP contribution >= 0.6 is 0 Å². The van der Waals surface area contributed by atoms with Gasteiger partial charge in [-0.25, -0.2) is 9.18 Å². The van der Waals surface area contributed by atoms with Gasteiger partial charge in [0, 0.05) is 16.6 Å². The molecule has 6 heteroatoms. The average Bonchev–Trinajstić information content (AvgIpc) is 3.29. The summed E-state index contributed by atoms with van der Waals surface area (Å²) in [5.74, 6) is -0.0558. The fraction of sp³-hybridized carbons (Fsp3) is 0.174. The first kappa shape index (κ1) is 18.8. The number of ether oxygens (including phenoxy) is 1. The number of esters is 1. The van der Waals surface area contributed by atoms with E-state index in [0.29, 0.717) is 34.3 Å². The Morgan fingerprint density at radius 2 is 1.97 bits per heavy atom. The molecule has 2 aromatic heterocycles. The van der Waals surface area contributed by atoms with Crippen LogP contribution in [0.2, 0.25) is 0 Å². The van der Waals surface area contributed by atoms with Crippen LogP contribution in [0.5, 0.6) is 5.75 Å². The van der Waals surface area contributed by atoms with Gasteiger partial charge in [-0.05, 0) is 55.8 Å². The van der Waals surface area contributed by atoms with E-state index in [9.17, 15) is 14.3 Å². The van der Waals surface area contributed by atoms with E-state index in [2.05, 4.69) is 0 Å². The quantitative estimate of drug-likeness (QED) is 0.469. The SMILES string of the molecule is CCOC(=O)c1c(C)n(Cc2ccco2)c2cc(-c3ccc(F)cc3)c(O)cc12. The Labute approximate surface area is 167 Å². The summed E-state index contributed by atoms with van der Waals surface area (Å²) in [7, 11) is 0. The molecule has 4 rings (SSSR count). The van der Waals surface area contributed by atoms with Crippen LogP contribution in [0.4, 0.5) is 4.39 Å². The summed E-state index contributed by atoms with van der Waals surface area (Å²) in [6.45, 7) is 4.26. The highest BCUT2D eigenvalue weighted by atomic mass is 19.1. The van der Waals surface area contributed by atoms with Crippen LogP contribution in [0.15, 0.2) is 59.2 Å². The Kier molecular flexibility index (Phi) is 4.84. The van der Waals surface area contributed by atoms with Gasteiger partial charge in [0.15, 0.2) is 0 Å². The number of carbonyl (C=O) groups is 1. The molecule has 1 N–H and O–H groups in total. The molecule has 0 unspecified atom stereocenters. The number of phenolic OH excluding ortho intramolecular Hbond substituents is 1. The zero-order valence-corrected chi connectivity index (χ0v) is 16.1. The number of phenols is 1. The van der Waals surface area contributed by atoms with Crippen molar-refractivity contribution >= 4 is 16.9 Å². The maximum atomic E-state index is 13.3. The van der Waals surface area contributed by atoms with Crippen molar-refractivity contribution in [3.05, 3.63) is 77.6 Å². The number of aromatic hydroxyl groups is 1. The van der Waals surface area contributed by atoms with Crippen molar-refractivity contribution in [1.29, 1.82) is 0 Å². The largest absolute Gasteiger partial charge is 0.507 e. The molecule has 0 aliphatic heterocycles. The molecule has 148 valence electrons. The fourth-order valence-corrected chi connectivity index (χ4v) is 3.59. The first-order valence-corrected chi connectivity index (χ1v) is 9.30. The normalized spacial score (nSPS) is 11.1. The molecular formula is C23H20FNO4. The third kappa shape index (κ3) is 3.38. The van der Waals surface area contributed by atoms with Gasteiger partial charge in [0.2, 0.25) is 0 Å². The van der Waals surface area contributed by atoms with Gasteiger partial charge in [-0.1, -0.05) is 12.1 Å². The van der Waals surface area contributed by atoms with Crippen molar-refractivity contribution in [2.24, 2.45) is 0 Å². The maximum Gasteiger partial charge on any atom is 0.340 e. The summed E-state index contributed by atoms with van der Waals surface area (Å²) in [6.07, 6.45) is 1.60. The molecular weight excluding hydrogens is 373 g/mol. The lowest BCUT2D eigenvalue weighted by Gasteiger charge is -2.09. The molecule has 0 aliphatic rings. The van der Waals surface area contributed by atoms with Crippen LogP contribution in [0.3, 0.4) is 0 Å². The highest BCUT2D eigenvalue weighted by molar-refractivity contribution is 6.07. The van der Waals surface area contributed by atoms with Crippen molar-refractivity contribution in [3.8, 4) is 16.9 Å². The molecule has 2 aromatic carbocycles. The number of halogens is 1. The second kappa shape index (κ2) is 7.47. The summed E-state index contributed by atoms with van der Waals surface area (Å²) in [6, 6.07) is 12.9. The van der Waals surface area contributed by atoms with Crippen LogP contribution < -0.4 is 0 Å². The molecule has 0 atom stereocenters. The van der Waals surface area contributed by atoms with Gasteiger partial charge in [0.1, 0.15) is 17.3 Å². The second-order valence-electron chi connectivity index (χ2n) is 6.74. The predicted molar refractivity (Wildman–Crippen MR) is 108 cm³/mol. The minimum atomic E-state index is -0.442. The van der Waals surface area contributed by atoms with Crippen LogP contribution in [0.25, 0.3) is 22.0 Å². The first-order valence-electron chi connectivity index (χ1n) is 9.30. The smallest absolute Gasteiger partial charge is 0.340 e. The summed E-state index contributed by atoms with van der Waals surface area (Å²) in [5.41, 5.74) is 3.09. The van der Waals surface area contributed by atoms with E-state index in [1.807, 2.05) is 17.6 Å². The molecule has 0 amide bonds. The first-order chi connectivity index (χ1) is 14.0. The lowest BCUT2D eigenvalue weighted by Crippen LogP contribution is -2.08. The Morgan fingerprint density at radius 1 is 1.21 bits per heavy atom. The number of carbonyl (C=O) groups excluding carboxylic acids is 1. The van der Waals surface area contributed by atoms with E-state index >= 15 is 0 Å². The van der Waals surface area contributed by atoms with Crippen LogP contribution in [-0.4, -0.2) is 22.2 Å². The number of rotatable bonds is 5. The van der Waals surface area contributed by atoms with E-state index in [1.54, 1.807) is 43.5 Å². The van der Waals surface area contributed by atoms with Crippen LogP contribution in [0, 0.1) is 12.7 Å². The molecule has 0 saturated carbocycles. The number of hydrogen-bond donors (Lipinski definition) is 1. The van der Waals surface area contributed by atoms with Gasteiger partial charge in [0.25, 0.3) is 0 Å². The predicted octanol–water partition coefficient (Wildman–Crippen LogP) is 5.28. The lowest BCUT2D eigenvalue weighted by molar-refractivity contribution is 0.0527. The Hall–Kier alpha value is -3.54. The van der Waals surface area contributed by atoms with Gasteiger partial charge in [-0.2, -0.15) is 0 Å². The topological polar surface area (TPSA) is 64.6 Å². The molecule has 4 aromatic rings. The number of hydrogen-bond acceptors (Lipinski definition) is 4. The van der Waals surface area contributed by atoms with Gasteiger partial charge < -0.3 is 18.8 Å². The molecule has 0 fully saturated rings. The van der Waals surface area contributed by atoms with E-state index in [1.165, 1.54) is 12.1 Å². The van der Waals surface area contributed by atoms with Gasteiger partial charge >= 0.3 is 5.97 Å². The average molecular weight is 393 g/mol. The molecule has 5 nitrogen and oxygen atoms in total. The minimum absolute atomic E-state index is 0.00445. The molecule has 0 bridgehead atoms. The highest BCUT2D eigenvalue weighted by Gasteiger charge is 2.23. The van der Waals surface area contributed by atoms with Crippen molar-refractivity contribution in [2.45, 2.75) is 20.4 Å². The second-order valence-corrected chi connectivity index (χ2v) is 6.74. The number of fused-ring (bicyclic) bond motifs is 1. The van der Waals surface area contributed by atoms with E-state index in [4.69, 9.17) is 9.15 Å². The van der Waals surface area contributed by atoms with Crippen molar-refractivity contribution in [2.75, 3.05) is 6.61 Å². The zero-order chi connectivity index (χ0) is 20.5. The van der Waals surface area contributed by atoms with Crippen molar-refractivity contribution < 1.29 is 23.4 Å². The zero-order valence-electron chi connectivity index (χ0n) is 16.1. The summed E-state index contributed by atoms with van der Waals surface area (Å²) in [4.78, 5) is 12.6. The van der Waals surface area contributed by atoms with Crippen molar-refractivity contribution in [3.63, 3.8) is 0 Å². The standard InChI is InChI=1S/C23H20FNO4/c1-3-28-23(27)22-14(2)25(13-17-5-4-10-29-17)20-11-18(21(26)12-19(20)22)15-6-8-16(24)9-7-15/h4-12,26H,3,13H2,1-2H3.